The number of hydrogen-bond donors (Lipinski definition) is 2. The van der Waals surface area contributed by atoms with Crippen molar-refractivity contribution >= 4 is 34.2 Å². The van der Waals surface area contributed by atoms with Gasteiger partial charge in [-0.25, -0.2) is 4.98 Å². The van der Waals surface area contributed by atoms with E-state index in [4.69, 9.17) is 21.6 Å². The molecule has 0 amide bonds. The maximum absolute atomic E-state index is 13.0. The van der Waals surface area contributed by atoms with Gasteiger partial charge in [0.15, 0.2) is 0 Å². The number of fused-ring (bicyclic) bond motifs is 2. The Morgan fingerprint density at radius 2 is 1.85 bits per heavy atom. The van der Waals surface area contributed by atoms with Crippen LogP contribution in [0.15, 0.2) is 29.2 Å². The molecule has 8 heteroatoms. The molecule has 2 aromatic rings. The van der Waals surface area contributed by atoms with E-state index in [1.54, 1.807) is 0 Å². The first-order valence-electron chi connectivity index (χ1n) is 12.1. The Bertz CT molecular complexity index is 1140. The normalized spacial score (nSPS) is 27.6. The summed E-state index contributed by atoms with van der Waals surface area (Å²) in [5, 5.41) is 14.3. The van der Waals surface area contributed by atoms with E-state index in [1.807, 2.05) is 12.1 Å². The highest BCUT2D eigenvalue weighted by Gasteiger charge is 2.57. The molecule has 0 unspecified atom stereocenters. The standard InChI is InChI=1S/C25H29ClN4O2S/c26-18-4-2-16(3-5-18)17-10-23(11-17)12-30(13-23)22-27-20-19(33(32)15-24(20)8-9-24)21(28-22)29-25(14-31)6-1-7-25/h2-5,17,31H,1,6-15H2,(H,27,28,29)/t33-/m1/s1. The fourth-order valence-corrected chi connectivity index (χ4v) is 8.45. The molecular weight excluding hydrogens is 456 g/mol. The number of aromatic nitrogens is 2. The number of nitrogens with zero attached hydrogens (tertiary/aromatic N) is 3. The second-order valence-electron chi connectivity index (χ2n) is 11.2. The van der Waals surface area contributed by atoms with E-state index < -0.39 is 10.8 Å². The Hall–Kier alpha value is -1.70. The van der Waals surface area contributed by atoms with Crippen LogP contribution in [0.5, 0.6) is 0 Å². The number of nitrogens with one attached hydrogen (secondary N) is 1. The number of aliphatic hydroxyl groups excluding tert-OH is 1. The van der Waals surface area contributed by atoms with Crippen LogP contribution < -0.4 is 10.2 Å². The van der Waals surface area contributed by atoms with Gasteiger partial charge in [-0.1, -0.05) is 23.7 Å². The lowest BCUT2D eigenvalue weighted by Gasteiger charge is -2.59. The molecule has 2 aliphatic heterocycles. The zero-order chi connectivity index (χ0) is 22.4. The van der Waals surface area contributed by atoms with E-state index in [0.29, 0.717) is 22.9 Å². The number of benzene rings is 1. The van der Waals surface area contributed by atoms with Gasteiger partial charge in [0.2, 0.25) is 5.95 Å². The van der Waals surface area contributed by atoms with Crippen molar-refractivity contribution in [3.63, 3.8) is 0 Å². The Kier molecular flexibility index (Phi) is 4.33. The van der Waals surface area contributed by atoms with Gasteiger partial charge in [-0.05, 0) is 68.6 Å². The summed E-state index contributed by atoms with van der Waals surface area (Å²) in [6.45, 7) is 2.05. The van der Waals surface area contributed by atoms with Gasteiger partial charge >= 0.3 is 0 Å². The number of anilines is 2. The van der Waals surface area contributed by atoms with Crippen LogP contribution in [0.1, 0.15) is 62.1 Å². The fraction of sp³-hybridized carbons (Fsp3) is 0.600. The molecular formula is C25H29ClN4O2S. The quantitative estimate of drug-likeness (QED) is 0.668. The lowest BCUT2D eigenvalue weighted by atomic mass is 9.56. The van der Waals surface area contributed by atoms with Crippen molar-refractivity contribution in [2.75, 3.05) is 35.7 Å². The minimum Gasteiger partial charge on any atom is -0.394 e. The molecule has 33 heavy (non-hydrogen) atoms. The molecule has 7 rings (SSSR count). The lowest BCUT2D eigenvalue weighted by molar-refractivity contribution is 0.0619. The topological polar surface area (TPSA) is 78.4 Å². The van der Waals surface area contributed by atoms with Crippen molar-refractivity contribution in [3.05, 3.63) is 40.5 Å². The number of hydrogen-bond acceptors (Lipinski definition) is 6. The smallest absolute Gasteiger partial charge is 0.227 e. The summed E-state index contributed by atoms with van der Waals surface area (Å²) in [4.78, 5) is 13.0. The first kappa shape index (κ1) is 20.7. The predicted octanol–water partition coefficient (Wildman–Crippen LogP) is 3.99. The first-order chi connectivity index (χ1) is 15.9. The molecule has 3 aliphatic carbocycles. The molecule has 3 heterocycles. The Balaban J connectivity index is 1.13. The van der Waals surface area contributed by atoms with Crippen LogP contribution in [0, 0.1) is 5.41 Å². The van der Waals surface area contributed by atoms with Gasteiger partial charge < -0.3 is 15.3 Å². The highest BCUT2D eigenvalue weighted by atomic mass is 35.5. The van der Waals surface area contributed by atoms with Crippen molar-refractivity contribution in [1.29, 1.82) is 0 Å². The molecule has 4 fully saturated rings. The van der Waals surface area contributed by atoms with Crippen LogP contribution >= 0.6 is 11.6 Å². The summed E-state index contributed by atoms with van der Waals surface area (Å²) in [6, 6.07) is 8.29. The van der Waals surface area contributed by atoms with Crippen LogP contribution in [0.25, 0.3) is 0 Å². The van der Waals surface area contributed by atoms with E-state index in [2.05, 4.69) is 22.3 Å². The largest absolute Gasteiger partial charge is 0.394 e. The third-order valence-electron chi connectivity index (χ3n) is 8.88. The van der Waals surface area contributed by atoms with E-state index in [0.717, 1.165) is 66.8 Å². The van der Waals surface area contributed by atoms with Gasteiger partial charge in [0, 0.05) is 34.7 Å². The highest BCUT2D eigenvalue weighted by Crippen LogP contribution is 2.59. The fourth-order valence-electron chi connectivity index (χ4n) is 6.46. The van der Waals surface area contributed by atoms with Crippen LogP contribution in [0.4, 0.5) is 11.8 Å². The Morgan fingerprint density at radius 1 is 1.12 bits per heavy atom. The molecule has 2 N–H and O–H groups in total. The molecule has 174 valence electrons. The molecule has 2 spiro atoms. The summed E-state index contributed by atoms with van der Waals surface area (Å²) in [5.74, 6) is 2.77. The van der Waals surface area contributed by atoms with Crippen molar-refractivity contribution < 1.29 is 9.32 Å². The predicted molar refractivity (Wildman–Crippen MR) is 130 cm³/mol. The third-order valence-corrected chi connectivity index (χ3v) is 10.8. The van der Waals surface area contributed by atoms with Gasteiger partial charge in [0.25, 0.3) is 0 Å². The van der Waals surface area contributed by atoms with E-state index in [9.17, 15) is 9.32 Å². The summed E-state index contributed by atoms with van der Waals surface area (Å²) >= 11 is 6.05. The number of rotatable bonds is 5. The minimum absolute atomic E-state index is 0.000984. The van der Waals surface area contributed by atoms with Gasteiger partial charge in [-0.3, -0.25) is 4.21 Å². The molecule has 6 nitrogen and oxygen atoms in total. The summed E-state index contributed by atoms with van der Waals surface area (Å²) in [5.41, 5.74) is 2.43. The van der Waals surface area contributed by atoms with Crippen LogP contribution in [-0.4, -0.2) is 50.3 Å². The summed E-state index contributed by atoms with van der Waals surface area (Å²) in [6.07, 6.45) is 7.48. The van der Waals surface area contributed by atoms with Gasteiger partial charge in [-0.2, -0.15) is 4.98 Å². The molecule has 1 saturated heterocycles. The number of halogens is 1. The van der Waals surface area contributed by atoms with Crippen LogP contribution in [-0.2, 0) is 16.2 Å². The summed E-state index contributed by atoms with van der Waals surface area (Å²) < 4.78 is 13.0. The second kappa shape index (κ2) is 6.92. The van der Waals surface area contributed by atoms with Crippen molar-refractivity contribution in [3.8, 4) is 0 Å². The average molecular weight is 485 g/mol. The Labute approximate surface area is 201 Å². The van der Waals surface area contributed by atoms with Gasteiger partial charge in [-0.15, -0.1) is 0 Å². The van der Waals surface area contributed by atoms with E-state index >= 15 is 0 Å². The molecule has 1 atom stereocenters. The average Bonchev–Trinajstić information content (AvgIpc) is 3.43. The lowest BCUT2D eigenvalue weighted by Crippen LogP contribution is -2.62. The number of aliphatic hydroxyl groups is 1. The monoisotopic (exact) mass is 484 g/mol. The molecule has 1 aromatic carbocycles. The maximum Gasteiger partial charge on any atom is 0.227 e. The highest BCUT2D eigenvalue weighted by molar-refractivity contribution is 7.85. The molecule has 0 bridgehead atoms. The van der Waals surface area contributed by atoms with Crippen molar-refractivity contribution in [1.82, 2.24) is 9.97 Å². The first-order valence-corrected chi connectivity index (χ1v) is 13.8. The zero-order valence-electron chi connectivity index (χ0n) is 18.6. The van der Waals surface area contributed by atoms with Crippen LogP contribution in [0.3, 0.4) is 0 Å². The van der Waals surface area contributed by atoms with Gasteiger partial charge in [0.1, 0.15) is 10.7 Å². The van der Waals surface area contributed by atoms with Crippen LogP contribution in [0.2, 0.25) is 5.02 Å². The van der Waals surface area contributed by atoms with E-state index in [1.165, 1.54) is 18.4 Å². The SMILES string of the molecule is O=[S@@]1CC2(CC2)c2nc(N3CC4(CC(c5ccc(Cl)cc5)C4)C3)nc(NC3(CO)CCC3)c21. The molecule has 1 aromatic heterocycles. The second-order valence-corrected chi connectivity index (χ2v) is 13.1. The Morgan fingerprint density at radius 3 is 2.45 bits per heavy atom. The summed E-state index contributed by atoms with van der Waals surface area (Å²) in [7, 11) is -1.07. The minimum atomic E-state index is -1.07. The van der Waals surface area contributed by atoms with Crippen molar-refractivity contribution in [2.45, 2.75) is 66.7 Å². The maximum atomic E-state index is 13.0. The zero-order valence-corrected chi connectivity index (χ0v) is 20.2. The van der Waals surface area contributed by atoms with Crippen molar-refractivity contribution in [2.24, 2.45) is 5.41 Å². The molecule has 0 radical (unpaired) electrons. The molecule has 3 saturated carbocycles. The van der Waals surface area contributed by atoms with Gasteiger partial charge in [0.05, 0.1) is 28.6 Å². The third kappa shape index (κ3) is 3.11. The molecule has 5 aliphatic rings. The van der Waals surface area contributed by atoms with E-state index in [-0.39, 0.29) is 17.6 Å².